The van der Waals surface area contributed by atoms with Gasteiger partial charge in [-0.2, -0.15) is 16.8 Å². The van der Waals surface area contributed by atoms with E-state index in [0.717, 1.165) is 28.1 Å². The Balaban J connectivity index is 1.67. The number of benzene rings is 2. The van der Waals surface area contributed by atoms with E-state index in [1.54, 1.807) is 23.4 Å². The molecule has 0 bridgehead atoms. The highest BCUT2D eigenvalue weighted by Crippen LogP contribution is 2.23. The summed E-state index contributed by atoms with van der Waals surface area (Å²) in [4.78, 5) is 29.1. The number of amides is 1. The van der Waals surface area contributed by atoms with Crippen LogP contribution in [0.4, 0.5) is 0 Å². The number of carbonyl (C=O) groups is 2. The average molecular weight is 445 g/mol. The molecular weight excluding hydrogens is 420 g/mol. The molecule has 1 aromatic heterocycles. The van der Waals surface area contributed by atoms with Gasteiger partial charge in [-0.1, -0.05) is 41.7 Å². The van der Waals surface area contributed by atoms with Gasteiger partial charge in [-0.05, 0) is 35.9 Å². The number of esters is 1. The van der Waals surface area contributed by atoms with Crippen LogP contribution in [0.5, 0.6) is 5.75 Å². The van der Waals surface area contributed by atoms with Crippen molar-refractivity contribution in [3.63, 3.8) is 0 Å². The molecule has 30 heavy (non-hydrogen) atoms. The van der Waals surface area contributed by atoms with Crippen molar-refractivity contribution in [3.8, 4) is 5.75 Å². The first-order chi connectivity index (χ1) is 14.6. The third kappa shape index (κ3) is 5.96. The molecule has 1 amide bonds. The molecule has 158 valence electrons. The number of thiazole rings is 1. The van der Waals surface area contributed by atoms with Crippen molar-refractivity contribution in [2.24, 2.45) is 4.99 Å². The third-order valence-corrected chi connectivity index (χ3v) is 6.57. The van der Waals surface area contributed by atoms with Crippen LogP contribution in [0.1, 0.15) is 18.4 Å². The zero-order valence-corrected chi connectivity index (χ0v) is 18.6. The molecular formula is C22H24N2O4S2. The normalized spacial score (nSPS) is 11.6. The van der Waals surface area contributed by atoms with Crippen LogP contribution in [0.3, 0.4) is 0 Å². The van der Waals surface area contributed by atoms with E-state index in [9.17, 15) is 9.59 Å². The van der Waals surface area contributed by atoms with Gasteiger partial charge in [0.1, 0.15) is 12.3 Å². The van der Waals surface area contributed by atoms with Crippen LogP contribution in [-0.4, -0.2) is 36.4 Å². The molecule has 3 rings (SSSR count). The summed E-state index contributed by atoms with van der Waals surface area (Å²) >= 11 is 3.16. The lowest BCUT2D eigenvalue weighted by Crippen LogP contribution is -2.22. The molecule has 0 fully saturated rings. The summed E-state index contributed by atoms with van der Waals surface area (Å²) in [5.74, 6) is 1.96. The number of hydrogen-bond donors (Lipinski definition) is 0. The first kappa shape index (κ1) is 22.1. The van der Waals surface area contributed by atoms with Crippen molar-refractivity contribution in [2.45, 2.75) is 25.1 Å². The molecule has 8 heteroatoms. The monoisotopic (exact) mass is 444 g/mol. The molecule has 0 N–H and O–H groups in total. The van der Waals surface area contributed by atoms with Crippen LogP contribution in [0, 0.1) is 0 Å². The summed E-state index contributed by atoms with van der Waals surface area (Å²) in [7, 11) is 2.94. The Morgan fingerprint density at radius 1 is 1.13 bits per heavy atom. The van der Waals surface area contributed by atoms with Gasteiger partial charge in [0.15, 0.2) is 4.80 Å². The van der Waals surface area contributed by atoms with Crippen LogP contribution in [0.2, 0.25) is 0 Å². The number of carbonyl (C=O) groups excluding carboxylic acids is 2. The minimum atomic E-state index is -0.392. The Morgan fingerprint density at radius 2 is 1.93 bits per heavy atom. The quantitative estimate of drug-likeness (QED) is 0.368. The second kappa shape index (κ2) is 11.0. The van der Waals surface area contributed by atoms with Crippen LogP contribution >= 0.6 is 23.1 Å². The molecule has 3 aromatic rings. The maximum atomic E-state index is 12.4. The number of fused-ring (bicyclic) bond motifs is 1. The zero-order chi connectivity index (χ0) is 21.3. The van der Waals surface area contributed by atoms with Gasteiger partial charge in [0.25, 0.3) is 0 Å². The first-order valence-corrected chi connectivity index (χ1v) is 11.5. The van der Waals surface area contributed by atoms with E-state index in [0.29, 0.717) is 17.0 Å². The number of aromatic nitrogens is 1. The molecule has 0 aliphatic rings. The SMILES string of the molecule is COC(=O)Cn1c(=NC(=O)CCCSCc2ccccc2)sc2cc(OC)ccc21. The lowest BCUT2D eigenvalue weighted by Gasteiger charge is -2.04. The highest BCUT2D eigenvalue weighted by Gasteiger charge is 2.12. The van der Waals surface area contributed by atoms with Crippen LogP contribution in [0.25, 0.3) is 10.2 Å². The molecule has 0 spiro atoms. The number of ether oxygens (including phenoxy) is 2. The van der Waals surface area contributed by atoms with E-state index in [1.807, 2.05) is 36.4 Å². The largest absolute Gasteiger partial charge is 0.497 e. The second-order valence-electron chi connectivity index (χ2n) is 6.53. The van der Waals surface area contributed by atoms with E-state index < -0.39 is 5.97 Å². The van der Waals surface area contributed by atoms with Crippen molar-refractivity contribution in [1.29, 1.82) is 0 Å². The molecule has 0 aliphatic carbocycles. The van der Waals surface area contributed by atoms with Crippen molar-refractivity contribution < 1.29 is 19.1 Å². The molecule has 0 atom stereocenters. The minimum Gasteiger partial charge on any atom is -0.497 e. The number of methoxy groups -OCH3 is 2. The molecule has 1 heterocycles. The predicted octanol–water partition coefficient (Wildman–Crippen LogP) is 4.03. The predicted molar refractivity (Wildman–Crippen MR) is 121 cm³/mol. The summed E-state index contributed by atoms with van der Waals surface area (Å²) in [6.45, 7) is 0.00185. The van der Waals surface area contributed by atoms with Gasteiger partial charge in [-0.25, -0.2) is 0 Å². The number of hydrogen-bond acceptors (Lipinski definition) is 6. The van der Waals surface area contributed by atoms with Gasteiger partial charge in [-0.3, -0.25) is 9.59 Å². The number of thioether (sulfide) groups is 1. The Morgan fingerprint density at radius 3 is 2.67 bits per heavy atom. The van der Waals surface area contributed by atoms with Crippen LogP contribution in [0.15, 0.2) is 53.5 Å². The molecule has 0 saturated carbocycles. The average Bonchev–Trinajstić information content (AvgIpc) is 3.09. The smallest absolute Gasteiger partial charge is 0.325 e. The highest BCUT2D eigenvalue weighted by atomic mass is 32.2. The Labute approximate surface area is 183 Å². The van der Waals surface area contributed by atoms with Gasteiger partial charge >= 0.3 is 5.97 Å². The third-order valence-electron chi connectivity index (χ3n) is 4.42. The van der Waals surface area contributed by atoms with Crippen LogP contribution < -0.4 is 9.54 Å². The number of nitrogens with zero attached hydrogens (tertiary/aromatic N) is 2. The lowest BCUT2D eigenvalue weighted by molar-refractivity contribution is -0.141. The minimum absolute atomic E-state index is 0.00185. The fourth-order valence-electron chi connectivity index (χ4n) is 2.86. The first-order valence-electron chi connectivity index (χ1n) is 9.54. The summed E-state index contributed by atoms with van der Waals surface area (Å²) in [5, 5.41) is 0. The van der Waals surface area contributed by atoms with E-state index in [4.69, 9.17) is 9.47 Å². The molecule has 0 unspecified atom stereocenters. The topological polar surface area (TPSA) is 69.9 Å². The summed E-state index contributed by atoms with van der Waals surface area (Å²) in [6, 6.07) is 15.8. The van der Waals surface area contributed by atoms with Gasteiger partial charge in [0.2, 0.25) is 5.91 Å². The Hall–Kier alpha value is -2.58. The molecule has 0 radical (unpaired) electrons. The van der Waals surface area contributed by atoms with Crippen molar-refractivity contribution in [1.82, 2.24) is 4.57 Å². The molecule has 0 aliphatic heterocycles. The van der Waals surface area contributed by atoms with Gasteiger partial charge < -0.3 is 14.0 Å². The van der Waals surface area contributed by atoms with E-state index in [1.165, 1.54) is 24.0 Å². The molecule has 6 nitrogen and oxygen atoms in total. The summed E-state index contributed by atoms with van der Waals surface area (Å²) < 4.78 is 12.7. The van der Waals surface area contributed by atoms with E-state index in [-0.39, 0.29) is 12.5 Å². The maximum absolute atomic E-state index is 12.4. The van der Waals surface area contributed by atoms with Gasteiger partial charge in [0.05, 0.1) is 24.4 Å². The van der Waals surface area contributed by atoms with Crippen molar-refractivity contribution in [3.05, 3.63) is 58.9 Å². The zero-order valence-electron chi connectivity index (χ0n) is 17.0. The van der Waals surface area contributed by atoms with Crippen molar-refractivity contribution >= 4 is 45.2 Å². The molecule has 0 saturated heterocycles. The standard InChI is InChI=1S/C22H24N2O4S2/c1-27-17-10-11-18-19(13-17)30-22(24(18)14-21(26)28-2)23-20(25)9-6-12-29-15-16-7-4-3-5-8-16/h3-5,7-8,10-11,13H,6,9,12,14-15H2,1-2H3. The van der Waals surface area contributed by atoms with E-state index >= 15 is 0 Å². The van der Waals surface area contributed by atoms with Crippen molar-refractivity contribution in [2.75, 3.05) is 20.0 Å². The van der Waals surface area contributed by atoms with E-state index in [2.05, 4.69) is 17.1 Å². The Bertz CT molecular complexity index is 1070. The summed E-state index contributed by atoms with van der Waals surface area (Å²) in [5.41, 5.74) is 2.10. The number of rotatable bonds is 9. The summed E-state index contributed by atoms with van der Waals surface area (Å²) in [6.07, 6.45) is 1.13. The maximum Gasteiger partial charge on any atom is 0.325 e. The second-order valence-corrected chi connectivity index (χ2v) is 8.64. The molecule has 2 aromatic carbocycles. The fraction of sp³-hybridized carbons (Fsp3) is 0.318. The Kier molecular flexibility index (Phi) is 8.10. The lowest BCUT2D eigenvalue weighted by atomic mass is 10.2. The fourth-order valence-corrected chi connectivity index (χ4v) is 4.86. The highest BCUT2D eigenvalue weighted by molar-refractivity contribution is 7.98. The van der Waals surface area contributed by atoms with Crippen LogP contribution in [-0.2, 0) is 26.6 Å². The van der Waals surface area contributed by atoms with Gasteiger partial charge in [-0.15, -0.1) is 0 Å². The van der Waals surface area contributed by atoms with Gasteiger partial charge in [0, 0.05) is 12.2 Å².